The van der Waals surface area contributed by atoms with Crippen molar-refractivity contribution in [3.8, 4) is 0 Å². The average Bonchev–Trinajstić information content (AvgIpc) is 2.17. The summed E-state index contributed by atoms with van der Waals surface area (Å²) in [4.78, 5) is 12.8. The van der Waals surface area contributed by atoms with Crippen molar-refractivity contribution in [3.63, 3.8) is 0 Å². The Labute approximate surface area is 78.2 Å². The van der Waals surface area contributed by atoms with E-state index in [2.05, 4.69) is 4.90 Å². The lowest BCUT2D eigenvalue weighted by atomic mass is 9.96. The number of carboxylic acids is 1. The summed E-state index contributed by atoms with van der Waals surface area (Å²) in [6.07, 6.45) is 1.42. The van der Waals surface area contributed by atoms with Gasteiger partial charge in [-0.1, -0.05) is 0 Å². The second-order valence-corrected chi connectivity index (χ2v) is 3.68. The number of nitrogens with zero attached hydrogens (tertiary/aromatic N) is 1. The molecule has 0 amide bonds. The average molecular weight is 187 g/mol. The maximum absolute atomic E-state index is 10.6. The van der Waals surface area contributed by atoms with Gasteiger partial charge in [0.25, 0.3) is 0 Å². The number of carboxylic acid groups (broad SMARTS) is 1. The van der Waals surface area contributed by atoms with Crippen LogP contribution in [0.3, 0.4) is 0 Å². The van der Waals surface area contributed by atoms with Gasteiger partial charge in [0.1, 0.15) is 0 Å². The number of aliphatic hydroxyl groups is 1. The summed E-state index contributed by atoms with van der Waals surface area (Å²) in [6.45, 7) is 3.69. The molecule has 0 bridgehead atoms. The summed E-state index contributed by atoms with van der Waals surface area (Å²) >= 11 is 0. The summed E-state index contributed by atoms with van der Waals surface area (Å²) in [7, 11) is 0. The third-order valence-electron chi connectivity index (χ3n) is 2.77. The normalized spacial score (nSPS) is 22.9. The number of piperidine rings is 1. The van der Waals surface area contributed by atoms with Crippen molar-refractivity contribution in [2.45, 2.75) is 25.8 Å². The molecule has 0 spiro atoms. The minimum Gasteiger partial charge on any atom is -0.481 e. The zero-order chi connectivity index (χ0) is 9.84. The Morgan fingerprint density at radius 1 is 1.54 bits per heavy atom. The first-order valence-electron chi connectivity index (χ1n) is 4.73. The van der Waals surface area contributed by atoms with Gasteiger partial charge in [-0.15, -0.1) is 0 Å². The predicted molar refractivity (Wildman–Crippen MR) is 48.5 cm³/mol. The van der Waals surface area contributed by atoms with Gasteiger partial charge in [-0.25, -0.2) is 0 Å². The number of aliphatic hydroxyl groups excluding tert-OH is 1. The maximum atomic E-state index is 10.6. The van der Waals surface area contributed by atoms with Gasteiger partial charge < -0.3 is 10.2 Å². The molecule has 1 fully saturated rings. The van der Waals surface area contributed by atoms with Crippen molar-refractivity contribution in [3.05, 3.63) is 0 Å². The molecule has 0 aromatic carbocycles. The molecule has 0 aliphatic carbocycles. The van der Waals surface area contributed by atoms with E-state index in [-0.39, 0.29) is 18.6 Å². The summed E-state index contributed by atoms with van der Waals surface area (Å²) in [5.74, 6) is -0.863. The number of rotatable bonds is 3. The fourth-order valence-corrected chi connectivity index (χ4v) is 1.70. The maximum Gasteiger partial charge on any atom is 0.306 e. The summed E-state index contributed by atoms with van der Waals surface area (Å²) in [5.41, 5.74) is 0. The molecule has 4 nitrogen and oxygen atoms in total. The van der Waals surface area contributed by atoms with Crippen LogP contribution in [0, 0.1) is 5.92 Å². The standard InChI is InChI=1S/C9H17NO3/c1-7(6-11)10-4-2-8(3-5-10)9(12)13/h7-8,11H,2-6H2,1H3,(H,12,13). The third-order valence-corrected chi connectivity index (χ3v) is 2.77. The number of likely N-dealkylation sites (tertiary alicyclic amines) is 1. The Bertz CT molecular complexity index is 176. The van der Waals surface area contributed by atoms with Crippen molar-refractivity contribution in [1.82, 2.24) is 4.90 Å². The largest absolute Gasteiger partial charge is 0.481 e. The fourth-order valence-electron chi connectivity index (χ4n) is 1.70. The highest BCUT2D eigenvalue weighted by Gasteiger charge is 2.26. The third kappa shape index (κ3) is 2.67. The van der Waals surface area contributed by atoms with Gasteiger partial charge in [0.15, 0.2) is 0 Å². The highest BCUT2D eigenvalue weighted by molar-refractivity contribution is 5.70. The zero-order valence-corrected chi connectivity index (χ0v) is 7.94. The Kier molecular flexibility index (Phi) is 3.69. The van der Waals surface area contributed by atoms with Crippen molar-refractivity contribution >= 4 is 5.97 Å². The molecule has 76 valence electrons. The van der Waals surface area contributed by atoms with Crippen LogP contribution in [0.15, 0.2) is 0 Å². The molecular formula is C9H17NO3. The van der Waals surface area contributed by atoms with Gasteiger partial charge in [-0.2, -0.15) is 0 Å². The Morgan fingerprint density at radius 2 is 2.08 bits per heavy atom. The molecule has 0 saturated carbocycles. The van der Waals surface area contributed by atoms with Gasteiger partial charge in [-0.3, -0.25) is 9.69 Å². The van der Waals surface area contributed by atoms with Crippen LogP contribution in [0.5, 0.6) is 0 Å². The zero-order valence-electron chi connectivity index (χ0n) is 7.94. The highest BCUT2D eigenvalue weighted by atomic mass is 16.4. The molecule has 0 aromatic rings. The lowest BCUT2D eigenvalue weighted by Gasteiger charge is -2.33. The Morgan fingerprint density at radius 3 is 2.46 bits per heavy atom. The van der Waals surface area contributed by atoms with Gasteiger partial charge in [-0.05, 0) is 32.9 Å². The first-order chi connectivity index (χ1) is 6.15. The first kappa shape index (κ1) is 10.5. The SMILES string of the molecule is CC(CO)N1CCC(C(=O)O)CC1. The molecule has 1 saturated heterocycles. The summed E-state index contributed by atoms with van der Waals surface area (Å²) in [5, 5.41) is 17.7. The lowest BCUT2D eigenvalue weighted by molar-refractivity contribution is -0.143. The lowest BCUT2D eigenvalue weighted by Crippen LogP contribution is -2.43. The van der Waals surface area contributed by atoms with Crippen molar-refractivity contribution < 1.29 is 15.0 Å². The molecule has 4 heteroatoms. The van der Waals surface area contributed by atoms with E-state index in [4.69, 9.17) is 10.2 Å². The van der Waals surface area contributed by atoms with E-state index < -0.39 is 5.97 Å². The van der Waals surface area contributed by atoms with Gasteiger partial charge >= 0.3 is 5.97 Å². The second kappa shape index (κ2) is 4.58. The molecule has 1 aliphatic heterocycles. The van der Waals surface area contributed by atoms with Crippen LogP contribution in [-0.4, -0.2) is 46.8 Å². The molecular weight excluding hydrogens is 170 g/mol. The summed E-state index contributed by atoms with van der Waals surface area (Å²) in [6, 6.07) is 0.162. The fraction of sp³-hybridized carbons (Fsp3) is 0.889. The van der Waals surface area contributed by atoms with Crippen LogP contribution in [0.4, 0.5) is 0 Å². The molecule has 1 unspecified atom stereocenters. The van der Waals surface area contributed by atoms with Crippen molar-refractivity contribution in [1.29, 1.82) is 0 Å². The van der Waals surface area contributed by atoms with Gasteiger partial charge in [0.05, 0.1) is 12.5 Å². The number of hydrogen-bond acceptors (Lipinski definition) is 3. The minimum absolute atomic E-state index is 0.151. The van der Waals surface area contributed by atoms with Crippen LogP contribution in [0.25, 0.3) is 0 Å². The quantitative estimate of drug-likeness (QED) is 0.661. The molecule has 1 heterocycles. The smallest absolute Gasteiger partial charge is 0.306 e. The molecule has 0 radical (unpaired) electrons. The molecule has 1 atom stereocenters. The van der Waals surface area contributed by atoms with Crippen LogP contribution < -0.4 is 0 Å². The van der Waals surface area contributed by atoms with E-state index in [9.17, 15) is 4.79 Å². The van der Waals surface area contributed by atoms with Crippen LogP contribution in [0.2, 0.25) is 0 Å². The highest BCUT2D eigenvalue weighted by Crippen LogP contribution is 2.18. The second-order valence-electron chi connectivity index (χ2n) is 3.68. The first-order valence-corrected chi connectivity index (χ1v) is 4.73. The topological polar surface area (TPSA) is 60.8 Å². The van der Waals surface area contributed by atoms with Gasteiger partial charge in [0.2, 0.25) is 0 Å². The summed E-state index contributed by atoms with van der Waals surface area (Å²) < 4.78 is 0. The van der Waals surface area contributed by atoms with E-state index in [1.807, 2.05) is 6.92 Å². The predicted octanol–water partition coefficient (Wildman–Crippen LogP) is 0.164. The van der Waals surface area contributed by atoms with Crippen LogP contribution in [0.1, 0.15) is 19.8 Å². The molecule has 13 heavy (non-hydrogen) atoms. The van der Waals surface area contributed by atoms with Crippen LogP contribution in [-0.2, 0) is 4.79 Å². The number of aliphatic carboxylic acids is 1. The minimum atomic E-state index is -0.684. The Balaban J connectivity index is 2.34. The molecule has 0 aromatic heterocycles. The van der Waals surface area contributed by atoms with E-state index in [1.165, 1.54) is 0 Å². The van der Waals surface area contributed by atoms with Gasteiger partial charge in [0, 0.05) is 6.04 Å². The molecule has 1 aliphatic rings. The van der Waals surface area contributed by atoms with E-state index in [0.717, 1.165) is 13.1 Å². The Hall–Kier alpha value is -0.610. The van der Waals surface area contributed by atoms with Crippen molar-refractivity contribution in [2.75, 3.05) is 19.7 Å². The van der Waals surface area contributed by atoms with E-state index >= 15 is 0 Å². The van der Waals surface area contributed by atoms with Crippen LogP contribution >= 0.6 is 0 Å². The van der Waals surface area contributed by atoms with E-state index in [1.54, 1.807) is 0 Å². The number of hydrogen-bond donors (Lipinski definition) is 2. The number of carbonyl (C=O) groups is 1. The monoisotopic (exact) mass is 187 g/mol. The molecule has 1 rings (SSSR count). The molecule has 2 N–H and O–H groups in total. The van der Waals surface area contributed by atoms with Crippen molar-refractivity contribution in [2.24, 2.45) is 5.92 Å². The van der Waals surface area contributed by atoms with E-state index in [0.29, 0.717) is 12.8 Å².